The van der Waals surface area contributed by atoms with Crippen molar-refractivity contribution < 1.29 is 0 Å². The van der Waals surface area contributed by atoms with Gasteiger partial charge in [0.1, 0.15) is 0 Å². The third-order valence-electron chi connectivity index (χ3n) is 2.79. The van der Waals surface area contributed by atoms with Gasteiger partial charge in [-0.2, -0.15) is 10.2 Å². The SMILES string of the molecule is Cc1cn(C)nc1NCc1cnn(C)c1C. The van der Waals surface area contributed by atoms with Crippen molar-refractivity contribution in [1.29, 1.82) is 0 Å². The molecule has 5 heteroatoms. The maximum Gasteiger partial charge on any atom is 0.151 e. The van der Waals surface area contributed by atoms with E-state index in [2.05, 4.69) is 22.4 Å². The van der Waals surface area contributed by atoms with Crippen LogP contribution in [0.25, 0.3) is 0 Å². The van der Waals surface area contributed by atoms with Crippen LogP contribution in [0.3, 0.4) is 0 Å². The van der Waals surface area contributed by atoms with Gasteiger partial charge in [-0.15, -0.1) is 0 Å². The number of nitrogens with zero attached hydrogens (tertiary/aromatic N) is 4. The summed E-state index contributed by atoms with van der Waals surface area (Å²) < 4.78 is 3.69. The Morgan fingerprint density at radius 1 is 1.31 bits per heavy atom. The first kappa shape index (κ1) is 10.7. The Morgan fingerprint density at radius 2 is 2.06 bits per heavy atom. The van der Waals surface area contributed by atoms with Gasteiger partial charge in [-0.05, 0) is 13.8 Å². The molecule has 0 bridgehead atoms. The molecule has 2 aromatic heterocycles. The van der Waals surface area contributed by atoms with Crippen molar-refractivity contribution in [3.8, 4) is 0 Å². The van der Waals surface area contributed by atoms with E-state index in [0.717, 1.165) is 17.9 Å². The molecule has 0 fully saturated rings. The molecule has 0 aliphatic rings. The van der Waals surface area contributed by atoms with Crippen LogP contribution in [0, 0.1) is 13.8 Å². The van der Waals surface area contributed by atoms with Gasteiger partial charge in [0.2, 0.25) is 0 Å². The van der Waals surface area contributed by atoms with Crippen LogP contribution < -0.4 is 5.32 Å². The minimum absolute atomic E-state index is 0.761. The van der Waals surface area contributed by atoms with E-state index in [1.807, 2.05) is 42.8 Å². The lowest BCUT2D eigenvalue weighted by atomic mass is 10.2. The predicted molar refractivity (Wildman–Crippen MR) is 63.2 cm³/mol. The van der Waals surface area contributed by atoms with Gasteiger partial charge in [-0.3, -0.25) is 9.36 Å². The second-order valence-corrected chi connectivity index (χ2v) is 4.07. The highest BCUT2D eigenvalue weighted by atomic mass is 15.3. The van der Waals surface area contributed by atoms with Gasteiger partial charge in [0, 0.05) is 43.7 Å². The molecule has 0 atom stereocenters. The van der Waals surface area contributed by atoms with E-state index in [9.17, 15) is 0 Å². The monoisotopic (exact) mass is 219 g/mol. The number of hydrogen-bond donors (Lipinski definition) is 1. The standard InChI is InChI=1S/C11H17N5/c1-8-7-15(3)14-11(8)12-5-10-6-13-16(4)9(10)2/h6-7H,5H2,1-4H3,(H,12,14). The molecule has 0 aliphatic carbocycles. The fourth-order valence-electron chi connectivity index (χ4n) is 1.68. The number of aromatic nitrogens is 4. The fraction of sp³-hybridized carbons (Fsp3) is 0.455. The zero-order chi connectivity index (χ0) is 11.7. The molecule has 0 unspecified atom stereocenters. The van der Waals surface area contributed by atoms with Crippen LogP contribution in [0.5, 0.6) is 0 Å². The van der Waals surface area contributed by atoms with Crippen molar-refractivity contribution in [2.75, 3.05) is 5.32 Å². The van der Waals surface area contributed by atoms with Crippen LogP contribution in [0.4, 0.5) is 5.82 Å². The topological polar surface area (TPSA) is 47.7 Å². The summed E-state index contributed by atoms with van der Waals surface area (Å²) in [5, 5.41) is 11.9. The van der Waals surface area contributed by atoms with E-state index in [4.69, 9.17) is 0 Å². The molecule has 5 nitrogen and oxygen atoms in total. The largest absolute Gasteiger partial charge is 0.364 e. The fourth-order valence-corrected chi connectivity index (χ4v) is 1.68. The van der Waals surface area contributed by atoms with Gasteiger partial charge < -0.3 is 5.32 Å². The third kappa shape index (κ3) is 1.93. The minimum atomic E-state index is 0.761. The molecule has 0 saturated carbocycles. The highest BCUT2D eigenvalue weighted by Gasteiger charge is 2.06. The molecule has 0 radical (unpaired) electrons. The molecule has 2 aromatic rings. The molecular weight excluding hydrogens is 202 g/mol. The van der Waals surface area contributed by atoms with Crippen molar-refractivity contribution in [2.24, 2.45) is 14.1 Å². The summed E-state index contributed by atoms with van der Waals surface area (Å²) in [6.07, 6.45) is 3.89. The maximum absolute atomic E-state index is 4.34. The average molecular weight is 219 g/mol. The van der Waals surface area contributed by atoms with Crippen LogP contribution in [0.2, 0.25) is 0 Å². The summed E-state index contributed by atoms with van der Waals surface area (Å²) in [5.74, 6) is 0.936. The Balaban J connectivity index is 2.08. The predicted octanol–water partition coefficient (Wildman–Crippen LogP) is 1.38. The van der Waals surface area contributed by atoms with Gasteiger partial charge in [0.25, 0.3) is 0 Å². The zero-order valence-electron chi connectivity index (χ0n) is 10.2. The highest BCUT2D eigenvalue weighted by Crippen LogP contribution is 2.13. The Hall–Kier alpha value is -1.78. The summed E-state index contributed by atoms with van der Waals surface area (Å²) >= 11 is 0. The van der Waals surface area contributed by atoms with Crippen molar-refractivity contribution in [3.05, 3.63) is 29.2 Å². The quantitative estimate of drug-likeness (QED) is 0.848. The molecule has 0 spiro atoms. The molecular formula is C11H17N5. The average Bonchev–Trinajstić information content (AvgIpc) is 2.70. The molecule has 16 heavy (non-hydrogen) atoms. The van der Waals surface area contributed by atoms with Crippen molar-refractivity contribution in [2.45, 2.75) is 20.4 Å². The van der Waals surface area contributed by atoms with E-state index < -0.39 is 0 Å². The Kier molecular flexibility index (Phi) is 2.68. The normalized spacial score (nSPS) is 10.8. The van der Waals surface area contributed by atoms with Gasteiger partial charge in [-0.25, -0.2) is 0 Å². The zero-order valence-corrected chi connectivity index (χ0v) is 10.2. The summed E-state index contributed by atoms with van der Waals surface area (Å²) in [5.41, 5.74) is 3.54. The lowest BCUT2D eigenvalue weighted by Crippen LogP contribution is -2.03. The summed E-state index contributed by atoms with van der Waals surface area (Å²) in [7, 11) is 3.87. The van der Waals surface area contributed by atoms with E-state index in [-0.39, 0.29) is 0 Å². The number of hydrogen-bond acceptors (Lipinski definition) is 3. The van der Waals surface area contributed by atoms with Gasteiger partial charge >= 0.3 is 0 Å². The lowest BCUT2D eigenvalue weighted by molar-refractivity contribution is 0.738. The van der Waals surface area contributed by atoms with Crippen LogP contribution in [0.15, 0.2) is 12.4 Å². The van der Waals surface area contributed by atoms with E-state index in [0.29, 0.717) is 0 Å². The molecule has 0 aliphatic heterocycles. The molecule has 2 rings (SSSR count). The molecule has 2 heterocycles. The summed E-state index contributed by atoms with van der Waals surface area (Å²) in [6, 6.07) is 0. The van der Waals surface area contributed by atoms with Crippen LogP contribution in [0.1, 0.15) is 16.8 Å². The third-order valence-corrected chi connectivity index (χ3v) is 2.79. The molecule has 86 valence electrons. The van der Waals surface area contributed by atoms with E-state index in [1.54, 1.807) is 0 Å². The first-order chi connectivity index (χ1) is 7.58. The Labute approximate surface area is 95.1 Å². The maximum atomic E-state index is 4.34. The molecule has 0 saturated heterocycles. The van der Waals surface area contributed by atoms with Gasteiger partial charge in [-0.1, -0.05) is 0 Å². The molecule has 0 amide bonds. The van der Waals surface area contributed by atoms with Crippen LogP contribution in [-0.2, 0) is 20.6 Å². The number of nitrogens with one attached hydrogen (secondary N) is 1. The lowest BCUT2D eigenvalue weighted by Gasteiger charge is -2.03. The molecule has 0 aromatic carbocycles. The second-order valence-electron chi connectivity index (χ2n) is 4.07. The van der Waals surface area contributed by atoms with Gasteiger partial charge in [0.05, 0.1) is 6.20 Å². The summed E-state index contributed by atoms with van der Waals surface area (Å²) in [6.45, 7) is 4.87. The van der Waals surface area contributed by atoms with Crippen molar-refractivity contribution in [3.63, 3.8) is 0 Å². The number of anilines is 1. The van der Waals surface area contributed by atoms with E-state index in [1.165, 1.54) is 11.3 Å². The first-order valence-electron chi connectivity index (χ1n) is 5.29. The van der Waals surface area contributed by atoms with Crippen LogP contribution >= 0.6 is 0 Å². The van der Waals surface area contributed by atoms with E-state index >= 15 is 0 Å². The number of aryl methyl sites for hydroxylation is 3. The number of rotatable bonds is 3. The Morgan fingerprint density at radius 3 is 2.56 bits per heavy atom. The smallest absolute Gasteiger partial charge is 0.151 e. The van der Waals surface area contributed by atoms with Crippen molar-refractivity contribution >= 4 is 5.82 Å². The second kappa shape index (κ2) is 4.00. The van der Waals surface area contributed by atoms with Gasteiger partial charge in [0.15, 0.2) is 5.82 Å². The Bertz CT molecular complexity index is 492. The summed E-state index contributed by atoms with van der Waals surface area (Å²) in [4.78, 5) is 0. The highest BCUT2D eigenvalue weighted by molar-refractivity contribution is 5.42. The first-order valence-corrected chi connectivity index (χ1v) is 5.29. The van der Waals surface area contributed by atoms with Crippen LogP contribution in [-0.4, -0.2) is 19.6 Å². The minimum Gasteiger partial charge on any atom is -0.364 e. The molecule has 1 N–H and O–H groups in total. The van der Waals surface area contributed by atoms with Crippen molar-refractivity contribution in [1.82, 2.24) is 19.6 Å².